The van der Waals surface area contributed by atoms with Crippen molar-refractivity contribution in [3.63, 3.8) is 0 Å². The molecule has 5 heteroatoms. The van der Waals surface area contributed by atoms with Gasteiger partial charge in [0, 0.05) is 24.6 Å². The first-order valence-corrected chi connectivity index (χ1v) is 6.83. The monoisotopic (exact) mass is 278 g/mol. The van der Waals surface area contributed by atoms with Gasteiger partial charge in [-0.05, 0) is 37.8 Å². The van der Waals surface area contributed by atoms with Crippen molar-refractivity contribution in [1.82, 2.24) is 5.32 Å². The summed E-state index contributed by atoms with van der Waals surface area (Å²) in [5.74, 6) is -0.834. The van der Waals surface area contributed by atoms with Crippen LogP contribution in [0.1, 0.15) is 38.2 Å². The first-order valence-electron chi connectivity index (χ1n) is 6.83. The maximum absolute atomic E-state index is 11.8. The average molecular weight is 278 g/mol. The van der Waals surface area contributed by atoms with Gasteiger partial charge in [0.2, 0.25) is 5.91 Å². The van der Waals surface area contributed by atoms with Gasteiger partial charge in [0.05, 0.1) is 0 Å². The number of anilines is 1. The number of hydrogen-bond donors (Lipinski definition) is 3. The summed E-state index contributed by atoms with van der Waals surface area (Å²) in [6, 6.07) is 7.50. The zero-order valence-corrected chi connectivity index (χ0v) is 11.8. The van der Waals surface area contributed by atoms with E-state index in [0.29, 0.717) is 31.4 Å². The summed E-state index contributed by atoms with van der Waals surface area (Å²) in [6.07, 6.45) is 2.38. The number of carbonyl (C=O) groups is 2. The van der Waals surface area contributed by atoms with Gasteiger partial charge in [0.25, 0.3) is 0 Å². The maximum Gasteiger partial charge on any atom is 0.303 e. The van der Waals surface area contributed by atoms with Crippen LogP contribution in [0.2, 0.25) is 0 Å². The SMILES string of the molecule is CC(CCCC(=O)O)NC(=O)CCc1ccccc1N. The van der Waals surface area contributed by atoms with Crippen molar-refractivity contribution < 1.29 is 14.7 Å². The number of para-hydroxylation sites is 1. The molecule has 0 saturated carbocycles. The van der Waals surface area contributed by atoms with Crippen LogP contribution in [0.15, 0.2) is 24.3 Å². The summed E-state index contributed by atoms with van der Waals surface area (Å²) >= 11 is 0. The van der Waals surface area contributed by atoms with Crippen LogP contribution < -0.4 is 11.1 Å². The van der Waals surface area contributed by atoms with E-state index in [9.17, 15) is 9.59 Å². The highest BCUT2D eigenvalue weighted by molar-refractivity contribution is 5.76. The highest BCUT2D eigenvalue weighted by Gasteiger charge is 2.09. The molecule has 1 aromatic rings. The van der Waals surface area contributed by atoms with Crippen molar-refractivity contribution in [2.45, 2.75) is 45.1 Å². The molecule has 0 aliphatic carbocycles. The van der Waals surface area contributed by atoms with Crippen LogP contribution in [0.5, 0.6) is 0 Å². The topological polar surface area (TPSA) is 92.4 Å². The van der Waals surface area contributed by atoms with Crippen molar-refractivity contribution in [1.29, 1.82) is 0 Å². The minimum Gasteiger partial charge on any atom is -0.481 e. The van der Waals surface area contributed by atoms with Crippen LogP contribution in [-0.2, 0) is 16.0 Å². The van der Waals surface area contributed by atoms with E-state index in [1.165, 1.54) is 0 Å². The average Bonchev–Trinajstić information content (AvgIpc) is 2.37. The van der Waals surface area contributed by atoms with Crippen LogP contribution in [0.3, 0.4) is 0 Å². The Kier molecular flexibility index (Phi) is 6.56. The Hall–Kier alpha value is -2.04. The minimum absolute atomic E-state index is 0.00466. The summed E-state index contributed by atoms with van der Waals surface area (Å²) in [4.78, 5) is 22.2. The number of carboxylic acids is 1. The van der Waals surface area contributed by atoms with Crippen LogP contribution in [0.4, 0.5) is 5.69 Å². The molecular formula is C15H22N2O3. The fraction of sp³-hybridized carbons (Fsp3) is 0.467. The molecule has 1 rings (SSSR count). The molecule has 110 valence electrons. The highest BCUT2D eigenvalue weighted by atomic mass is 16.4. The third-order valence-corrected chi connectivity index (χ3v) is 3.11. The molecule has 0 spiro atoms. The van der Waals surface area contributed by atoms with Gasteiger partial charge in [-0.15, -0.1) is 0 Å². The number of aliphatic carboxylic acids is 1. The molecular weight excluding hydrogens is 256 g/mol. The Morgan fingerprint density at radius 1 is 1.30 bits per heavy atom. The molecule has 0 fully saturated rings. The van der Waals surface area contributed by atoms with Gasteiger partial charge < -0.3 is 16.2 Å². The van der Waals surface area contributed by atoms with E-state index in [0.717, 1.165) is 5.56 Å². The van der Waals surface area contributed by atoms with Gasteiger partial charge in [0.15, 0.2) is 0 Å². The molecule has 0 aliphatic rings. The van der Waals surface area contributed by atoms with Gasteiger partial charge in [0.1, 0.15) is 0 Å². The quantitative estimate of drug-likeness (QED) is 0.634. The lowest BCUT2D eigenvalue weighted by Gasteiger charge is -2.13. The number of nitrogens with two attached hydrogens (primary N) is 1. The smallest absolute Gasteiger partial charge is 0.303 e. The van der Waals surface area contributed by atoms with Crippen molar-refractivity contribution in [3.05, 3.63) is 29.8 Å². The zero-order valence-electron chi connectivity index (χ0n) is 11.8. The van der Waals surface area contributed by atoms with Gasteiger partial charge >= 0.3 is 5.97 Å². The number of benzene rings is 1. The van der Waals surface area contributed by atoms with Crippen molar-refractivity contribution >= 4 is 17.6 Å². The second kappa shape index (κ2) is 8.19. The number of rotatable bonds is 8. The molecule has 4 N–H and O–H groups in total. The fourth-order valence-corrected chi connectivity index (χ4v) is 1.99. The Bertz CT molecular complexity index is 460. The Morgan fingerprint density at radius 3 is 2.65 bits per heavy atom. The third kappa shape index (κ3) is 6.22. The Morgan fingerprint density at radius 2 is 2.00 bits per heavy atom. The molecule has 20 heavy (non-hydrogen) atoms. The molecule has 0 bridgehead atoms. The van der Waals surface area contributed by atoms with Gasteiger partial charge in [-0.1, -0.05) is 18.2 Å². The second-order valence-corrected chi connectivity index (χ2v) is 4.95. The highest BCUT2D eigenvalue weighted by Crippen LogP contribution is 2.12. The molecule has 1 atom stereocenters. The number of nitrogen functional groups attached to an aromatic ring is 1. The lowest BCUT2D eigenvalue weighted by atomic mass is 10.1. The summed E-state index contributed by atoms with van der Waals surface area (Å²) in [6.45, 7) is 1.89. The van der Waals surface area contributed by atoms with E-state index in [1.54, 1.807) is 0 Å². The summed E-state index contributed by atoms with van der Waals surface area (Å²) in [7, 11) is 0. The van der Waals surface area contributed by atoms with Gasteiger partial charge in [-0.3, -0.25) is 9.59 Å². The number of amides is 1. The molecule has 0 radical (unpaired) electrons. The summed E-state index contributed by atoms with van der Waals surface area (Å²) in [5, 5.41) is 11.4. The maximum atomic E-state index is 11.8. The lowest BCUT2D eigenvalue weighted by molar-refractivity contribution is -0.137. The number of nitrogens with one attached hydrogen (secondary N) is 1. The molecule has 1 unspecified atom stereocenters. The Balaban J connectivity index is 2.26. The summed E-state index contributed by atoms with van der Waals surface area (Å²) < 4.78 is 0. The molecule has 0 heterocycles. The largest absolute Gasteiger partial charge is 0.481 e. The number of carbonyl (C=O) groups excluding carboxylic acids is 1. The predicted octanol–water partition coefficient (Wildman–Crippen LogP) is 1.96. The van der Waals surface area contributed by atoms with Crippen molar-refractivity contribution in [2.24, 2.45) is 0 Å². The van der Waals surface area contributed by atoms with Crippen LogP contribution in [-0.4, -0.2) is 23.0 Å². The third-order valence-electron chi connectivity index (χ3n) is 3.11. The van der Waals surface area contributed by atoms with E-state index in [4.69, 9.17) is 10.8 Å². The normalized spacial score (nSPS) is 11.8. The second-order valence-electron chi connectivity index (χ2n) is 4.95. The number of aryl methyl sites for hydroxylation is 1. The molecule has 0 saturated heterocycles. The fourth-order valence-electron chi connectivity index (χ4n) is 1.99. The van der Waals surface area contributed by atoms with Crippen LogP contribution in [0.25, 0.3) is 0 Å². The van der Waals surface area contributed by atoms with E-state index < -0.39 is 5.97 Å². The van der Waals surface area contributed by atoms with E-state index in [-0.39, 0.29) is 18.4 Å². The molecule has 0 aliphatic heterocycles. The predicted molar refractivity (Wildman–Crippen MR) is 78.3 cm³/mol. The van der Waals surface area contributed by atoms with Gasteiger partial charge in [-0.25, -0.2) is 0 Å². The zero-order chi connectivity index (χ0) is 15.0. The first-order chi connectivity index (χ1) is 9.49. The lowest BCUT2D eigenvalue weighted by Crippen LogP contribution is -2.32. The number of carboxylic acid groups (broad SMARTS) is 1. The minimum atomic E-state index is -0.803. The van der Waals surface area contributed by atoms with E-state index in [1.807, 2.05) is 31.2 Å². The molecule has 1 aromatic carbocycles. The number of hydrogen-bond acceptors (Lipinski definition) is 3. The molecule has 0 aromatic heterocycles. The first kappa shape index (κ1) is 16.0. The van der Waals surface area contributed by atoms with Crippen molar-refractivity contribution in [3.8, 4) is 0 Å². The van der Waals surface area contributed by atoms with E-state index in [2.05, 4.69) is 5.32 Å². The van der Waals surface area contributed by atoms with Crippen molar-refractivity contribution in [2.75, 3.05) is 5.73 Å². The summed E-state index contributed by atoms with van der Waals surface area (Å²) in [5.41, 5.74) is 7.49. The van der Waals surface area contributed by atoms with Crippen LogP contribution >= 0.6 is 0 Å². The van der Waals surface area contributed by atoms with Crippen LogP contribution in [0, 0.1) is 0 Å². The standard InChI is InChI=1S/C15H22N2O3/c1-11(5-4-8-15(19)20)17-14(18)10-9-12-6-2-3-7-13(12)16/h2-3,6-7,11H,4-5,8-10,16H2,1H3,(H,17,18)(H,19,20). The van der Waals surface area contributed by atoms with E-state index >= 15 is 0 Å². The molecule has 1 amide bonds. The molecule has 5 nitrogen and oxygen atoms in total. The Labute approximate surface area is 119 Å². The van der Waals surface area contributed by atoms with Gasteiger partial charge in [-0.2, -0.15) is 0 Å².